The quantitative estimate of drug-likeness (QED) is 0.373. The first kappa shape index (κ1) is 6.39. The van der Waals surface area contributed by atoms with E-state index in [1.807, 2.05) is 0 Å². The number of nitrogens with two attached hydrogens (primary N) is 1. The summed E-state index contributed by atoms with van der Waals surface area (Å²) >= 11 is 4.26. The van der Waals surface area contributed by atoms with Crippen molar-refractivity contribution in [1.29, 1.82) is 0 Å². The van der Waals surface area contributed by atoms with Crippen LogP contribution in [0, 0.1) is 0 Å². The Morgan fingerprint density at radius 3 is 2.62 bits per heavy atom. The minimum absolute atomic E-state index is 0.309. The zero-order chi connectivity index (χ0) is 5.98. The maximum atomic E-state index is 5.54. The lowest BCUT2D eigenvalue weighted by Gasteiger charge is -2.27. The monoisotopic (exact) mass is 132 g/mol. The Labute approximate surface area is 55.4 Å². The largest absolute Gasteiger partial charge is 0.268 e. The third-order valence-electron chi connectivity index (χ3n) is 1.51. The van der Waals surface area contributed by atoms with Gasteiger partial charge in [-0.25, -0.2) is 5.01 Å². The Hall–Kier alpha value is 0.270. The van der Waals surface area contributed by atoms with E-state index in [-0.39, 0.29) is 0 Å². The van der Waals surface area contributed by atoms with Crippen molar-refractivity contribution in [3.8, 4) is 0 Å². The fourth-order valence-electron chi connectivity index (χ4n) is 0.936. The van der Waals surface area contributed by atoms with Gasteiger partial charge in [-0.1, -0.05) is 0 Å². The van der Waals surface area contributed by atoms with Gasteiger partial charge in [0.25, 0.3) is 0 Å². The van der Waals surface area contributed by atoms with Gasteiger partial charge >= 0.3 is 0 Å². The van der Waals surface area contributed by atoms with Crippen LogP contribution in [0.15, 0.2) is 0 Å². The average molecular weight is 132 g/mol. The first-order valence-corrected chi connectivity index (χ1v) is 3.52. The second-order valence-corrected chi connectivity index (χ2v) is 2.81. The van der Waals surface area contributed by atoms with Crippen molar-refractivity contribution < 1.29 is 0 Å². The smallest absolute Gasteiger partial charge is 0.0664 e. The number of hydrogen-bond acceptors (Lipinski definition) is 3. The zero-order valence-corrected chi connectivity index (χ0v) is 5.77. The lowest BCUT2D eigenvalue weighted by molar-refractivity contribution is 0.213. The van der Waals surface area contributed by atoms with E-state index >= 15 is 0 Å². The molecule has 0 aromatic heterocycles. The minimum Gasteiger partial charge on any atom is -0.268 e. The van der Waals surface area contributed by atoms with Gasteiger partial charge in [0.1, 0.15) is 0 Å². The van der Waals surface area contributed by atoms with Crippen molar-refractivity contribution in [3.63, 3.8) is 0 Å². The van der Waals surface area contributed by atoms with Gasteiger partial charge in [0.05, 0.1) is 5.37 Å². The molecule has 1 fully saturated rings. The topological polar surface area (TPSA) is 29.3 Å². The molecular formula is C5H12N2S. The summed E-state index contributed by atoms with van der Waals surface area (Å²) in [5.41, 5.74) is 0. The van der Waals surface area contributed by atoms with Gasteiger partial charge in [0.2, 0.25) is 0 Å². The molecule has 2 nitrogen and oxygen atoms in total. The van der Waals surface area contributed by atoms with Crippen LogP contribution >= 0.6 is 12.6 Å². The molecule has 48 valence electrons. The molecule has 8 heavy (non-hydrogen) atoms. The van der Waals surface area contributed by atoms with Gasteiger partial charge in [0.15, 0.2) is 0 Å². The van der Waals surface area contributed by atoms with Crippen molar-refractivity contribution in [2.45, 2.75) is 24.6 Å². The molecule has 1 aliphatic heterocycles. The van der Waals surface area contributed by atoms with Gasteiger partial charge in [-0.05, 0) is 19.3 Å². The maximum absolute atomic E-state index is 5.54. The van der Waals surface area contributed by atoms with Crippen molar-refractivity contribution in [2.75, 3.05) is 6.54 Å². The predicted molar refractivity (Wildman–Crippen MR) is 37.5 cm³/mol. The van der Waals surface area contributed by atoms with Crippen LogP contribution in [0.1, 0.15) is 19.3 Å². The van der Waals surface area contributed by atoms with Crippen LogP contribution in [-0.2, 0) is 0 Å². The average Bonchev–Trinajstić information content (AvgIpc) is 1.77. The number of thiol groups is 1. The van der Waals surface area contributed by atoms with Gasteiger partial charge in [-0.2, -0.15) is 12.6 Å². The summed E-state index contributed by atoms with van der Waals surface area (Å²) in [6, 6.07) is 0. The van der Waals surface area contributed by atoms with E-state index in [1.54, 1.807) is 5.01 Å². The number of nitrogens with zero attached hydrogens (tertiary/aromatic N) is 1. The SMILES string of the molecule is NN1CCCCC1S. The van der Waals surface area contributed by atoms with E-state index in [0.29, 0.717) is 5.37 Å². The molecule has 1 saturated heterocycles. The van der Waals surface area contributed by atoms with Crippen LogP contribution in [0.4, 0.5) is 0 Å². The highest BCUT2D eigenvalue weighted by atomic mass is 32.1. The Morgan fingerprint density at radius 2 is 2.25 bits per heavy atom. The van der Waals surface area contributed by atoms with Crippen LogP contribution in [0.2, 0.25) is 0 Å². The summed E-state index contributed by atoms with van der Waals surface area (Å²) in [6.07, 6.45) is 3.65. The fourth-order valence-corrected chi connectivity index (χ4v) is 1.23. The van der Waals surface area contributed by atoms with Crippen LogP contribution in [-0.4, -0.2) is 16.9 Å². The first-order chi connectivity index (χ1) is 3.80. The number of rotatable bonds is 0. The van der Waals surface area contributed by atoms with E-state index in [4.69, 9.17) is 5.84 Å². The van der Waals surface area contributed by atoms with Gasteiger partial charge in [-0.3, -0.25) is 5.84 Å². The van der Waals surface area contributed by atoms with Crippen LogP contribution < -0.4 is 5.84 Å². The summed E-state index contributed by atoms with van der Waals surface area (Å²) < 4.78 is 0. The molecule has 3 heteroatoms. The Morgan fingerprint density at radius 1 is 1.50 bits per heavy atom. The zero-order valence-electron chi connectivity index (χ0n) is 4.88. The molecule has 0 aliphatic carbocycles. The standard InChI is InChI=1S/C5H12N2S/c6-7-4-2-1-3-5(7)8/h5,8H,1-4,6H2. The predicted octanol–water partition coefficient (Wildman–Crippen LogP) is 0.602. The molecule has 2 N–H and O–H groups in total. The number of piperidine rings is 1. The first-order valence-electron chi connectivity index (χ1n) is 3.00. The van der Waals surface area contributed by atoms with Crippen molar-refractivity contribution >= 4 is 12.6 Å². The molecule has 1 aliphatic rings. The van der Waals surface area contributed by atoms with Crippen molar-refractivity contribution in [1.82, 2.24) is 5.01 Å². The molecule has 1 rings (SSSR count). The molecule has 1 unspecified atom stereocenters. The Bertz CT molecular complexity index is 66.8. The second kappa shape index (κ2) is 2.71. The molecule has 0 aromatic rings. The van der Waals surface area contributed by atoms with Gasteiger partial charge in [-0.15, -0.1) is 0 Å². The molecule has 1 heterocycles. The molecule has 1 atom stereocenters. The molecule has 0 bridgehead atoms. The summed E-state index contributed by atoms with van der Waals surface area (Å²) in [7, 11) is 0. The van der Waals surface area contributed by atoms with Gasteiger partial charge < -0.3 is 0 Å². The maximum Gasteiger partial charge on any atom is 0.0664 e. The van der Waals surface area contributed by atoms with E-state index in [9.17, 15) is 0 Å². The summed E-state index contributed by atoms with van der Waals surface area (Å²) in [5.74, 6) is 5.54. The molecule has 0 amide bonds. The molecule has 0 aromatic carbocycles. The Kier molecular flexibility index (Phi) is 2.16. The summed E-state index contributed by atoms with van der Waals surface area (Å²) in [4.78, 5) is 0. The molecule has 0 spiro atoms. The molecular weight excluding hydrogens is 120 g/mol. The molecule has 0 radical (unpaired) electrons. The number of hydrazine groups is 1. The highest BCUT2D eigenvalue weighted by Crippen LogP contribution is 2.15. The highest BCUT2D eigenvalue weighted by Gasteiger charge is 2.13. The van der Waals surface area contributed by atoms with E-state index in [0.717, 1.165) is 13.0 Å². The van der Waals surface area contributed by atoms with Crippen molar-refractivity contribution in [3.05, 3.63) is 0 Å². The van der Waals surface area contributed by atoms with E-state index < -0.39 is 0 Å². The third kappa shape index (κ3) is 1.37. The second-order valence-electron chi connectivity index (χ2n) is 2.21. The molecule has 0 saturated carbocycles. The lowest BCUT2D eigenvalue weighted by atomic mass is 10.2. The van der Waals surface area contributed by atoms with Crippen LogP contribution in [0.3, 0.4) is 0 Å². The van der Waals surface area contributed by atoms with Crippen LogP contribution in [0.5, 0.6) is 0 Å². The van der Waals surface area contributed by atoms with E-state index in [1.165, 1.54) is 12.8 Å². The summed E-state index contributed by atoms with van der Waals surface area (Å²) in [5, 5.41) is 2.11. The van der Waals surface area contributed by atoms with E-state index in [2.05, 4.69) is 12.6 Å². The van der Waals surface area contributed by atoms with Crippen LogP contribution in [0.25, 0.3) is 0 Å². The minimum atomic E-state index is 0.309. The fraction of sp³-hybridized carbons (Fsp3) is 1.00. The third-order valence-corrected chi connectivity index (χ3v) is 2.07. The normalized spacial score (nSPS) is 33.0. The lowest BCUT2D eigenvalue weighted by Crippen LogP contribution is -2.41. The summed E-state index contributed by atoms with van der Waals surface area (Å²) in [6.45, 7) is 1.01. The van der Waals surface area contributed by atoms with Crippen molar-refractivity contribution in [2.24, 2.45) is 5.84 Å². The van der Waals surface area contributed by atoms with Gasteiger partial charge in [0, 0.05) is 6.54 Å². The highest BCUT2D eigenvalue weighted by molar-refractivity contribution is 7.80. The Balaban J connectivity index is 2.28. The number of hydrogen-bond donors (Lipinski definition) is 2.